The Hall–Kier alpha value is -1.83. The van der Waals surface area contributed by atoms with Gasteiger partial charge in [0.25, 0.3) is 0 Å². The van der Waals surface area contributed by atoms with Gasteiger partial charge in [0, 0.05) is 11.1 Å². The Labute approximate surface area is 144 Å². The second-order valence-electron chi connectivity index (χ2n) is 7.11. The third-order valence-corrected chi connectivity index (χ3v) is 4.99. The Morgan fingerprint density at radius 3 is 1.79 bits per heavy atom. The molecule has 0 N–H and O–H groups in total. The van der Waals surface area contributed by atoms with Crippen LogP contribution in [0.3, 0.4) is 0 Å². The smallest absolute Gasteiger partial charge is 0.289 e. The van der Waals surface area contributed by atoms with Crippen molar-refractivity contribution in [2.75, 3.05) is 0 Å². The molecule has 0 amide bonds. The third-order valence-electron chi connectivity index (χ3n) is 3.66. The van der Waals surface area contributed by atoms with Crippen LogP contribution in [0.2, 0.25) is 0 Å². The van der Waals surface area contributed by atoms with E-state index in [1.54, 1.807) is 24.3 Å². The van der Waals surface area contributed by atoms with E-state index in [1.165, 1.54) is 5.56 Å². The van der Waals surface area contributed by atoms with Crippen molar-refractivity contribution >= 4 is 19.1 Å². The van der Waals surface area contributed by atoms with Crippen molar-refractivity contribution in [3.05, 3.63) is 65.2 Å². The molecule has 1 unspecified atom stereocenters. The van der Waals surface area contributed by atoms with Crippen LogP contribution < -0.4 is 5.30 Å². The fraction of sp³-hybridized carbons (Fsp3) is 0.350. The van der Waals surface area contributed by atoms with Gasteiger partial charge in [0.15, 0.2) is 5.78 Å². The highest BCUT2D eigenvalue weighted by Crippen LogP contribution is 2.25. The lowest BCUT2D eigenvalue weighted by Gasteiger charge is -2.18. The van der Waals surface area contributed by atoms with E-state index in [4.69, 9.17) is 4.52 Å². The quantitative estimate of drug-likeness (QED) is 0.566. The molecule has 1 atom stereocenters. The molecule has 0 spiro atoms. The highest BCUT2D eigenvalue weighted by Gasteiger charge is 2.24. The number of hydrogen-bond acceptors (Lipinski definition) is 3. The van der Waals surface area contributed by atoms with Gasteiger partial charge in [0.2, 0.25) is 5.30 Å². The zero-order valence-electron chi connectivity index (χ0n) is 14.9. The number of hydrogen-bond donors (Lipinski definition) is 0. The minimum atomic E-state index is -1.88. The Kier molecular flexibility index (Phi) is 5.69. The number of benzene rings is 2. The van der Waals surface area contributed by atoms with E-state index >= 15 is 0 Å². The van der Waals surface area contributed by atoms with Crippen LogP contribution in [0.1, 0.15) is 56.1 Å². The number of ketones is 1. The van der Waals surface area contributed by atoms with Crippen molar-refractivity contribution in [3.63, 3.8) is 0 Å². The first-order valence-corrected chi connectivity index (χ1v) is 9.25. The Morgan fingerprint density at radius 1 is 0.917 bits per heavy atom. The molecule has 0 aliphatic carbocycles. The number of carbonyl (C=O) groups excluding carboxylic acids is 1. The van der Waals surface area contributed by atoms with Crippen LogP contribution >= 0.6 is 8.03 Å². The second-order valence-corrected chi connectivity index (χ2v) is 8.36. The Bertz CT molecular complexity index is 723. The van der Waals surface area contributed by atoms with Gasteiger partial charge in [0.05, 0.1) is 0 Å². The molecule has 0 heterocycles. The minimum absolute atomic E-state index is 0.0398. The summed E-state index contributed by atoms with van der Waals surface area (Å²) in [6.07, 6.45) is -0.101. The highest BCUT2D eigenvalue weighted by molar-refractivity contribution is 7.48. The van der Waals surface area contributed by atoms with E-state index in [9.17, 15) is 9.36 Å². The second kappa shape index (κ2) is 7.38. The fourth-order valence-corrected chi connectivity index (χ4v) is 3.17. The number of carbonyl (C=O) groups is 1. The molecule has 0 aliphatic heterocycles. The van der Waals surface area contributed by atoms with Crippen molar-refractivity contribution in [1.82, 2.24) is 0 Å². The molecule has 2 aromatic carbocycles. The predicted octanol–water partition coefficient (Wildman–Crippen LogP) is 5.01. The van der Waals surface area contributed by atoms with Crippen molar-refractivity contribution in [1.29, 1.82) is 0 Å². The molecule has 2 aromatic rings. The molecule has 4 heteroatoms. The van der Waals surface area contributed by atoms with E-state index in [0.29, 0.717) is 16.4 Å². The van der Waals surface area contributed by atoms with Gasteiger partial charge in [-0.15, -0.1) is 4.52 Å². The summed E-state index contributed by atoms with van der Waals surface area (Å²) in [6.45, 7) is 10.1. The van der Waals surface area contributed by atoms with Crippen molar-refractivity contribution in [2.45, 2.75) is 46.1 Å². The SMILES string of the molecule is CC(C)O[P+](=O)c1ccc(C(=O)c2ccc(C(C)(C)C)cc2)cc1. The summed E-state index contributed by atoms with van der Waals surface area (Å²) >= 11 is 0. The molecule has 24 heavy (non-hydrogen) atoms. The first-order chi connectivity index (χ1) is 11.2. The van der Waals surface area contributed by atoms with Crippen molar-refractivity contribution in [2.24, 2.45) is 0 Å². The summed E-state index contributed by atoms with van der Waals surface area (Å²) in [5, 5.41) is 0.596. The van der Waals surface area contributed by atoms with Gasteiger partial charge in [-0.1, -0.05) is 45.0 Å². The van der Waals surface area contributed by atoms with Gasteiger partial charge in [-0.05, 0) is 53.7 Å². The summed E-state index contributed by atoms with van der Waals surface area (Å²) < 4.78 is 17.3. The molecule has 0 fully saturated rings. The van der Waals surface area contributed by atoms with E-state index < -0.39 is 8.03 Å². The minimum Gasteiger partial charge on any atom is -0.289 e. The maximum Gasteiger partial charge on any atom is 0.548 e. The molecule has 0 aliphatic rings. The molecule has 0 saturated carbocycles. The summed E-state index contributed by atoms with van der Waals surface area (Å²) in [7, 11) is -1.88. The van der Waals surface area contributed by atoms with Crippen molar-refractivity contribution in [3.8, 4) is 0 Å². The largest absolute Gasteiger partial charge is 0.548 e. The summed E-state index contributed by atoms with van der Waals surface area (Å²) in [6, 6.07) is 14.5. The fourth-order valence-electron chi connectivity index (χ4n) is 2.28. The van der Waals surface area contributed by atoms with E-state index in [1.807, 2.05) is 38.1 Å². The zero-order chi connectivity index (χ0) is 17.9. The van der Waals surface area contributed by atoms with Gasteiger partial charge in [0.1, 0.15) is 6.10 Å². The van der Waals surface area contributed by atoms with Gasteiger partial charge < -0.3 is 0 Å². The van der Waals surface area contributed by atoms with Crippen LogP contribution in [0.15, 0.2) is 48.5 Å². The summed E-state index contributed by atoms with van der Waals surface area (Å²) in [5.41, 5.74) is 2.48. The number of rotatable bonds is 5. The first-order valence-electron chi connectivity index (χ1n) is 8.08. The lowest BCUT2D eigenvalue weighted by Crippen LogP contribution is -2.11. The topological polar surface area (TPSA) is 43.4 Å². The Balaban J connectivity index is 2.17. The third kappa shape index (κ3) is 4.59. The molecule has 0 saturated heterocycles. The van der Waals surface area contributed by atoms with E-state index in [0.717, 1.165) is 0 Å². The van der Waals surface area contributed by atoms with Crippen LogP contribution in [0.5, 0.6) is 0 Å². The van der Waals surface area contributed by atoms with Crippen LogP contribution in [0, 0.1) is 0 Å². The van der Waals surface area contributed by atoms with Crippen molar-refractivity contribution < 1.29 is 13.9 Å². The summed E-state index contributed by atoms with van der Waals surface area (Å²) in [5.74, 6) is -0.0398. The maximum absolute atomic E-state index is 12.6. The Morgan fingerprint density at radius 2 is 1.38 bits per heavy atom. The van der Waals surface area contributed by atoms with Crippen LogP contribution in [-0.2, 0) is 14.5 Å². The predicted molar refractivity (Wildman–Crippen MR) is 98.5 cm³/mol. The average Bonchev–Trinajstić information content (AvgIpc) is 2.53. The van der Waals surface area contributed by atoms with Gasteiger partial charge in [-0.3, -0.25) is 4.79 Å². The molecule has 0 radical (unpaired) electrons. The first kappa shape index (κ1) is 18.5. The van der Waals surface area contributed by atoms with Gasteiger partial charge in [-0.2, -0.15) is 0 Å². The molecule has 3 nitrogen and oxygen atoms in total. The summed E-state index contributed by atoms with van der Waals surface area (Å²) in [4.78, 5) is 12.6. The normalized spacial score (nSPS) is 12.3. The molecule has 0 aromatic heterocycles. The zero-order valence-corrected chi connectivity index (χ0v) is 15.8. The van der Waals surface area contributed by atoms with Gasteiger partial charge in [-0.25, -0.2) is 0 Å². The standard InChI is InChI=1S/C20H24O3P/c1-14(2)23-24(22)18-12-8-16(9-13-18)19(21)15-6-10-17(11-7-15)20(3,4)5/h6-14H,1-5H3/q+1. The average molecular weight is 343 g/mol. The monoisotopic (exact) mass is 343 g/mol. The highest BCUT2D eigenvalue weighted by atomic mass is 31.1. The lowest BCUT2D eigenvalue weighted by atomic mass is 9.86. The van der Waals surface area contributed by atoms with Crippen LogP contribution in [-0.4, -0.2) is 11.9 Å². The van der Waals surface area contributed by atoms with Crippen LogP contribution in [0.25, 0.3) is 0 Å². The molecule has 2 rings (SSSR count). The lowest BCUT2D eigenvalue weighted by molar-refractivity contribution is 0.103. The molecular weight excluding hydrogens is 319 g/mol. The van der Waals surface area contributed by atoms with Gasteiger partial charge >= 0.3 is 8.03 Å². The van der Waals surface area contributed by atoms with Crippen LogP contribution in [0.4, 0.5) is 0 Å². The molecule has 0 bridgehead atoms. The molecule has 126 valence electrons. The van der Waals surface area contributed by atoms with E-state index in [2.05, 4.69) is 20.8 Å². The maximum atomic E-state index is 12.6. The molecular formula is C20H24O3P+. The van der Waals surface area contributed by atoms with E-state index in [-0.39, 0.29) is 17.3 Å².